The van der Waals surface area contributed by atoms with E-state index in [1.54, 1.807) is 13.8 Å². The van der Waals surface area contributed by atoms with Crippen LogP contribution in [0.4, 0.5) is 4.39 Å². The van der Waals surface area contributed by atoms with Crippen LogP contribution in [0.2, 0.25) is 0 Å². The van der Waals surface area contributed by atoms with E-state index in [0.29, 0.717) is 30.5 Å². The Labute approximate surface area is 111 Å². The zero-order valence-electron chi connectivity index (χ0n) is 11.1. The second-order valence-corrected chi connectivity index (χ2v) is 4.60. The molecule has 0 saturated carbocycles. The molecular weight excluding hydrogens is 249 g/mol. The topological polar surface area (TPSA) is 66.4 Å². The summed E-state index contributed by atoms with van der Waals surface area (Å²) in [5.41, 5.74) is 1.02. The zero-order chi connectivity index (χ0) is 14.4. The smallest absolute Gasteiger partial charge is 0.306 e. The van der Waals surface area contributed by atoms with Gasteiger partial charge in [0.05, 0.1) is 5.92 Å². The minimum absolute atomic E-state index is 0.263. The fourth-order valence-corrected chi connectivity index (χ4v) is 1.71. The third-order valence-electron chi connectivity index (χ3n) is 2.95. The van der Waals surface area contributed by atoms with Crippen LogP contribution < -0.4 is 5.32 Å². The maximum atomic E-state index is 12.9. The molecule has 1 rings (SSSR count). The van der Waals surface area contributed by atoms with E-state index in [1.807, 2.05) is 0 Å². The average molecular weight is 267 g/mol. The quantitative estimate of drug-likeness (QED) is 0.778. The van der Waals surface area contributed by atoms with Gasteiger partial charge in [-0.05, 0) is 43.5 Å². The molecule has 0 aliphatic heterocycles. The predicted octanol–water partition coefficient (Wildman–Crippen LogP) is 2.36. The standard InChI is InChI=1S/C14H18FNO3/c1-9(14(18)19)4-3-7-16-13(17)12-6-5-11(15)8-10(12)2/h5-6,8-9H,3-4,7H2,1-2H3,(H,16,17)(H,18,19). The highest BCUT2D eigenvalue weighted by molar-refractivity contribution is 5.95. The molecule has 1 unspecified atom stereocenters. The number of benzene rings is 1. The summed E-state index contributed by atoms with van der Waals surface area (Å²) in [6.45, 7) is 3.71. The van der Waals surface area contributed by atoms with Gasteiger partial charge in [-0.15, -0.1) is 0 Å². The molecule has 1 amide bonds. The van der Waals surface area contributed by atoms with Gasteiger partial charge in [-0.25, -0.2) is 4.39 Å². The Morgan fingerprint density at radius 2 is 2.11 bits per heavy atom. The number of carboxylic acids is 1. The van der Waals surface area contributed by atoms with Gasteiger partial charge in [-0.2, -0.15) is 0 Å². The van der Waals surface area contributed by atoms with Gasteiger partial charge in [0.25, 0.3) is 5.91 Å². The van der Waals surface area contributed by atoms with Gasteiger partial charge in [-0.1, -0.05) is 6.92 Å². The highest BCUT2D eigenvalue weighted by Crippen LogP contribution is 2.10. The number of rotatable bonds is 6. The Balaban J connectivity index is 2.41. The first-order valence-corrected chi connectivity index (χ1v) is 6.19. The summed E-state index contributed by atoms with van der Waals surface area (Å²) in [7, 11) is 0. The molecule has 0 aliphatic rings. The van der Waals surface area contributed by atoms with Crippen LogP contribution in [0.25, 0.3) is 0 Å². The SMILES string of the molecule is Cc1cc(F)ccc1C(=O)NCCCC(C)C(=O)O. The maximum Gasteiger partial charge on any atom is 0.306 e. The van der Waals surface area contributed by atoms with Crippen molar-refractivity contribution in [3.05, 3.63) is 35.1 Å². The molecule has 0 aromatic heterocycles. The number of carbonyl (C=O) groups excluding carboxylic acids is 1. The van der Waals surface area contributed by atoms with E-state index in [2.05, 4.69) is 5.32 Å². The lowest BCUT2D eigenvalue weighted by Gasteiger charge is -2.09. The molecule has 0 fully saturated rings. The number of hydrogen-bond acceptors (Lipinski definition) is 2. The molecule has 1 atom stereocenters. The lowest BCUT2D eigenvalue weighted by Crippen LogP contribution is -2.26. The van der Waals surface area contributed by atoms with E-state index in [0.717, 1.165) is 0 Å². The van der Waals surface area contributed by atoms with Gasteiger partial charge in [0.1, 0.15) is 5.82 Å². The van der Waals surface area contributed by atoms with Crippen molar-refractivity contribution < 1.29 is 19.1 Å². The highest BCUT2D eigenvalue weighted by atomic mass is 19.1. The first kappa shape index (κ1) is 15.1. The number of nitrogens with one attached hydrogen (secondary N) is 1. The van der Waals surface area contributed by atoms with Gasteiger partial charge in [-0.3, -0.25) is 9.59 Å². The van der Waals surface area contributed by atoms with Crippen molar-refractivity contribution >= 4 is 11.9 Å². The summed E-state index contributed by atoms with van der Waals surface area (Å²) in [6, 6.07) is 4.00. The Hall–Kier alpha value is -1.91. The molecule has 0 bridgehead atoms. The van der Waals surface area contributed by atoms with Crippen molar-refractivity contribution in [3.63, 3.8) is 0 Å². The van der Waals surface area contributed by atoms with Crippen LogP contribution >= 0.6 is 0 Å². The molecular formula is C14H18FNO3. The van der Waals surface area contributed by atoms with E-state index in [9.17, 15) is 14.0 Å². The number of aliphatic carboxylic acids is 1. The van der Waals surface area contributed by atoms with E-state index in [4.69, 9.17) is 5.11 Å². The Morgan fingerprint density at radius 1 is 1.42 bits per heavy atom. The molecule has 0 heterocycles. The second-order valence-electron chi connectivity index (χ2n) is 4.60. The van der Waals surface area contributed by atoms with Gasteiger partial charge in [0.15, 0.2) is 0 Å². The summed E-state index contributed by atoms with van der Waals surface area (Å²) in [5.74, 6) is -1.88. The summed E-state index contributed by atoms with van der Waals surface area (Å²) in [6.07, 6.45) is 1.11. The normalized spacial score (nSPS) is 11.9. The lowest BCUT2D eigenvalue weighted by molar-refractivity contribution is -0.141. The zero-order valence-corrected chi connectivity index (χ0v) is 11.1. The van der Waals surface area contributed by atoms with E-state index < -0.39 is 11.9 Å². The number of amides is 1. The van der Waals surface area contributed by atoms with Crippen molar-refractivity contribution in [1.29, 1.82) is 0 Å². The fourth-order valence-electron chi connectivity index (χ4n) is 1.71. The van der Waals surface area contributed by atoms with Crippen LogP contribution in [0.1, 0.15) is 35.7 Å². The molecule has 1 aromatic rings. The van der Waals surface area contributed by atoms with Crippen LogP contribution in [-0.4, -0.2) is 23.5 Å². The summed E-state index contributed by atoms with van der Waals surface area (Å²) >= 11 is 0. The Kier molecular flexibility index (Phi) is 5.48. The van der Waals surface area contributed by atoms with Crippen molar-refractivity contribution in [2.24, 2.45) is 5.92 Å². The molecule has 4 nitrogen and oxygen atoms in total. The summed E-state index contributed by atoms with van der Waals surface area (Å²) in [5, 5.41) is 11.4. The molecule has 5 heteroatoms. The monoisotopic (exact) mass is 267 g/mol. The van der Waals surface area contributed by atoms with Crippen molar-refractivity contribution in [2.75, 3.05) is 6.54 Å². The second kappa shape index (κ2) is 6.87. The first-order chi connectivity index (χ1) is 8.91. The fraction of sp³-hybridized carbons (Fsp3) is 0.429. The number of carbonyl (C=O) groups is 2. The molecule has 19 heavy (non-hydrogen) atoms. The van der Waals surface area contributed by atoms with Crippen LogP contribution in [0.15, 0.2) is 18.2 Å². The van der Waals surface area contributed by atoms with Gasteiger partial charge in [0, 0.05) is 12.1 Å². The third-order valence-corrected chi connectivity index (χ3v) is 2.95. The van der Waals surface area contributed by atoms with Crippen LogP contribution in [0.5, 0.6) is 0 Å². The minimum Gasteiger partial charge on any atom is -0.481 e. The number of hydrogen-bond donors (Lipinski definition) is 2. The van der Waals surface area contributed by atoms with E-state index >= 15 is 0 Å². The highest BCUT2D eigenvalue weighted by Gasteiger charge is 2.11. The third kappa shape index (κ3) is 4.69. The van der Waals surface area contributed by atoms with E-state index in [-0.39, 0.29) is 11.7 Å². The molecule has 1 aromatic carbocycles. The van der Waals surface area contributed by atoms with Crippen LogP contribution in [0.3, 0.4) is 0 Å². The molecule has 0 spiro atoms. The van der Waals surface area contributed by atoms with Crippen molar-refractivity contribution in [3.8, 4) is 0 Å². The van der Waals surface area contributed by atoms with Crippen LogP contribution in [-0.2, 0) is 4.79 Å². The molecule has 0 radical (unpaired) electrons. The van der Waals surface area contributed by atoms with Crippen molar-refractivity contribution in [2.45, 2.75) is 26.7 Å². The van der Waals surface area contributed by atoms with E-state index in [1.165, 1.54) is 18.2 Å². The van der Waals surface area contributed by atoms with Gasteiger partial charge < -0.3 is 10.4 Å². The van der Waals surface area contributed by atoms with Gasteiger partial charge >= 0.3 is 5.97 Å². The molecule has 2 N–H and O–H groups in total. The lowest BCUT2D eigenvalue weighted by atomic mass is 10.1. The molecule has 0 saturated heterocycles. The Bertz CT molecular complexity index is 474. The predicted molar refractivity (Wildman–Crippen MR) is 69.5 cm³/mol. The first-order valence-electron chi connectivity index (χ1n) is 6.19. The van der Waals surface area contributed by atoms with Gasteiger partial charge in [0.2, 0.25) is 0 Å². The minimum atomic E-state index is -0.833. The van der Waals surface area contributed by atoms with Crippen molar-refractivity contribution in [1.82, 2.24) is 5.32 Å². The van der Waals surface area contributed by atoms with Crippen LogP contribution in [0, 0.1) is 18.7 Å². The number of aryl methyl sites for hydroxylation is 1. The molecule has 104 valence electrons. The largest absolute Gasteiger partial charge is 0.481 e. The maximum absolute atomic E-state index is 12.9. The Morgan fingerprint density at radius 3 is 2.68 bits per heavy atom. The summed E-state index contributed by atoms with van der Waals surface area (Å²) in [4.78, 5) is 22.4. The molecule has 0 aliphatic carbocycles. The summed E-state index contributed by atoms with van der Waals surface area (Å²) < 4.78 is 12.9. The number of halogens is 1. The average Bonchev–Trinajstić information content (AvgIpc) is 2.33. The number of carboxylic acid groups (broad SMARTS) is 1.